The van der Waals surface area contributed by atoms with Crippen LogP contribution in [-0.2, 0) is 16.2 Å². The minimum Gasteiger partial charge on any atom is -0.493 e. The number of hydrazone groups is 1. The smallest absolute Gasteiger partial charge is 0.254 e. The molecule has 1 heterocycles. The van der Waals surface area contributed by atoms with Gasteiger partial charge in [0.2, 0.25) is 0 Å². The molecule has 0 aromatic heterocycles. The highest BCUT2D eigenvalue weighted by atomic mass is 79.9. The van der Waals surface area contributed by atoms with Gasteiger partial charge in [-0.1, -0.05) is 42.5 Å². The van der Waals surface area contributed by atoms with Gasteiger partial charge in [0.25, 0.3) is 11.8 Å². The number of fused-ring (bicyclic) bond motifs is 3. The van der Waals surface area contributed by atoms with E-state index in [1.54, 1.807) is 13.2 Å². The average molecular weight is 507 g/mol. The maximum Gasteiger partial charge on any atom is 0.254 e. The van der Waals surface area contributed by atoms with E-state index in [0.717, 1.165) is 23.4 Å². The van der Waals surface area contributed by atoms with Crippen LogP contribution in [-0.4, -0.2) is 30.1 Å². The van der Waals surface area contributed by atoms with E-state index in [1.807, 2.05) is 36.4 Å². The maximum absolute atomic E-state index is 13.1. The van der Waals surface area contributed by atoms with Crippen molar-refractivity contribution in [3.8, 4) is 11.5 Å². The Hall–Kier alpha value is -2.93. The predicted molar refractivity (Wildman–Crippen MR) is 126 cm³/mol. The second-order valence-electron chi connectivity index (χ2n) is 9.26. The number of halogens is 1. The van der Waals surface area contributed by atoms with Gasteiger partial charge < -0.3 is 9.47 Å². The summed E-state index contributed by atoms with van der Waals surface area (Å²) in [6, 6.07) is 13.5. The summed E-state index contributed by atoms with van der Waals surface area (Å²) in [6.07, 6.45) is 8.10. The van der Waals surface area contributed by atoms with Gasteiger partial charge in [-0.15, -0.1) is 0 Å². The van der Waals surface area contributed by atoms with Crippen molar-refractivity contribution >= 4 is 34.0 Å². The monoisotopic (exact) mass is 506 g/mol. The molecule has 4 atom stereocenters. The molecule has 1 saturated heterocycles. The van der Waals surface area contributed by atoms with Crippen LogP contribution in [0.3, 0.4) is 0 Å². The van der Waals surface area contributed by atoms with Crippen LogP contribution >= 0.6 is 15.9 Å². The van der Waals surface area contributed by atoms with E-state index in [4.69, 9.17) is 9.47 Å². The van der Waals surface area contributed by atoms with E-state index in [9.17, 15) is 9.59 Å². The molecule has 6 rings (SSSR count). The molecule has 3 aliphatic carbocycles. The van der Waals surface area contributed by atoms with Crippen molar-refractivity contribution in [2.45, 2.75) is 19.4 Å². The topological polar surface area (TPSA) is 68.2 Å². The normalized spacial score (nSPS) is 28.2. The van der Waals surface area contributed by atoms with Crippen LogP contribution < -0.4 is 9.47 Å². The van der Waals surface area contributed by atoms with Crippen LogP contribution in [0.25, 0.3) is 0 Å². The first-order valence-electron chi connectivity index (χ1n) is 11.2. The Bertz CT molecular complexity index is 1170. The number of methoxy groups -OCH3 is 1. The summed E-state index contributed by atoms with van der Waals surface area (Å²) in [4.78, 5) is 26.2. The Morgan fingerprint density at radius 3 is 2.36 bits per heavy atom. The summed E-state index contributed by atoms with van der Waals surface area (Å²) in [7, 11) is 1.57. The van der Waals surface area contributed by atoms with Gasteiger partial charge in [-0.2, -0.15) is 10.1 Å². The fraction of sp³-hybridized carbons (Fsp3) is 0.346. The molecular formula is C26H23BrN2O4. The molecule has 3 fully saturated rings. The molecule has 33 heavy (non-hydrogen) atoms. The van der Waals surface area contributed by atoms with Crippen LogP contribution in [0.15, 0.2) is 64.2 Å². The molecule has 6 nitrogen and oxygen atoms in total. The maximum atomic E-state index is 13.1. The van der Waals surface area contributed by atoms with Crippen LogP contribution in [0.2, 0.25) is 0 Å². The number of allylic oxidation sites excluding steroid dienone is 2. The molecule has 168 valence electrons. The molecule has 4 aliphatic rings. The van der Waals surface area contributed by atoms with Gasteiger partial charge in [-0.05, 0) is 69.3 Å². The summed E-state index contributed by atoms with van der Waals surface area (Å²) >= 11 is 3.55. The number of hydrogen-bond acceptors (Lipinski definition) is 5. The number of carbonyl (C=O) groups is 2. The van der Waals surface area contributed by atoms with Crippen molar-refractivity contribution in [2.75, 3.05) is 7.11 Å². The predicted octanol–water partition coefficient (Wildman–Crippen LogP) is 4.57. The third-order valence-corrected chi connectivity index (χ3v) is 8.22. The number of imide groups is 1. The highest BCUT2D eigenvalue weighted by Crippen LogP contribution is 2.73. The molecule has 0 radical (unpaired) electrons. The van der Waals surface area contributed by atoms with Crippen molar-refractivity contribution in [2.24, 2.45) is 34.2 Å². The molecular weight excluding hydrogens is 484 g/mol. The van der Waals surface area contributed by atoms with Crippen LogP contribution in [0.4, 0.5) is 0 Å². The summed E-state index contributed by atoms with van der Waals surface area (Å²) in [5.41, 5.74) is 1.93. The highest BCUT2D eigenvalue weighted by molar-refractivity contribution is 9.10. The zero-order valence-corrected chi connectivity index (χ0v) is 19.7. The lowest BCUT2D eigenvalue weighted by Gasteiger charge is -2.18. The molecule has 2 aromatic rings. The minimum absolute atomic E-state index is 0.168. The van der Waals surface area contributed by atoms with Gasteiger partial charge in [-0.3, -0.25) is 9.59 Å². The van der Waals surface area contributed by atoms with E-state index in [1.165, 1.54) is 6.21 Å². The zero-order chi connectivity index (χ0) is 22.7. The molecule has 1 spiro atoms. The standard InChI is InChI=1S/C26H23BrN2O4/c1-32-20-12-16(11-19(27)23(20)33-14-15-5-3-2-4-6-15)13-28-29-24(30)21-17-7-8-18(22(21)25(29)31)26(17)9-10-26/h2-8,11-13,17-18,21-22H,9-10,14H2,1H3/b28-13+. The number of benzene rings is 2. The van der Waals surface area contributed by atoms with Gasteiger partial charge in [0.15, 0.2) is 11.5 Å². The number of rotatable bonds is 6. The van der Waals surface area contributed by atoms with Crippen molar-refractivity contribution in [3.63, 3.8) is 0 Å². The van der Waals surface area contributed by atoms with Crippen molar-refractivity contribution < 1.29 is 19.1 Å². The SMILES string of the molecule is COc1cc(/C=N/N2C(=O)C3C(C2=O)C2C=CC3C23CC3)cc(Br)c1OCc1ccccc1. The number of carbonyl (C=O) groups excluding carboxylic acids is 2. The molecule has 1 aliphatic heterocycles. The van der Waals surface area contributed by atoms with Gasteiger partial charge in [0.1, 0.15) is 6.61 Å². The number of hydrogen-bond donors (Lipinski definition) is 0. The molecule has 7 heteroatoms. The zero-order valence-electron chi connectivity index (χ0n) is 18.1. The largest absolute Gasteiger partial charge is 0.493 e. The quantitative estimate of drug-likeness (QED) is 0.327. The van der Waals surface area contributed by atoms with E-state index in [2.05, 4.69) is 33.2 Å². The molecule has 0 N–H and O–H groups in total. The first-order valence-corrected chi connectivity index (χ1v) is 12.0. The fourth-order valence-electron chi connectivity index (χ4n) is 5.99. The van der Waals surface area contributed by atoms with Gasteiger partial charge in [0.05, 0.1) is 29.6 Å². The van der Waals surface area contributed by atoms with Crippen molar-refractivity contribution in [1.29, 1.82) is 0 Å². The van der Waals surface area contributed by atoms with Crippen LogP contribution in [0.5, 0.6) is 11.5 Å². The number of amides is 2. The Morgan fingerprint density at radius 1 is 1.09 bits per heavy atom. The van der Waals surface area contributed by atoms with E-state index < -0.39 is 0 Å². The Kier molecular flexibility index (Phi) is 4.73. The van der Waals surface area contributed by atoms with E-state index in [0.29, 0.717) is 28.1 Å². The average Bonchev–Trinajstić information content (AvgIpc) is 3.43. The summed E-state index contributed by atoms with van der Waals surface area (Å²) in [5, 5.41) is 5.39. The van der Waals surface area contributed by atoms with E-state index in [-0.39, 0.29) is 40.9 Å². The van der Waals surface area contributed by atoms with Gasteiger partial charge in [-0.25, -0.2) is 0 Å². The Labute approximate surface area is 200 Å². The lowest BCUT2D eigenvalue weighted by atomic mass is 9.85. The highest BCUT2D eigenvalue weighted by Gasteiger charge is 2.73. The van der Waals surface area contributed by atoms with Crippen molar-refractivity contribution in [1.82, 2.24) is 5.01 Å². The molecule has 2 aromatic carbocycles. The van der Waals surface area contributed by atoms with Crippen molar-refractivity contribution in [3.05, 3.63) is 70.2 Å². The lowest BCUT2D eigenvalue weighted by molar-refractivity contribution is -0.141. The summed E-state index contributed by atoms with van der Waals surface area (Å²) in [5.74, 6) is 0.675. The van der Waals surface area contributed by atoms with Crippen LogP contribution in [0, 0.1) is 29.1 Å². The first kappa shape index (κ1) is 20.7. The lowest BCUT2D eigenvalue weighted by Crippen LogP contribution is -2.30. The summed E-state index contributed by atoms with van der Waals surface area (Å²) < 4.78 is 12.2. The molecule has 4 unspecified atom stereocenters. The third kappa shape index (κ3) is 3.09. The molecule has 2 amide bonds. The van der Waals surface area contributed by atoms with Crippen LogP contribution in [0.1, 0.15) is 24.0 Å². The van der Waals surface area contributed by atoms with Gasteiger partial charge in [0, 0.05) is 0 Å². The Balaban J connectivity index is 1.21. The van der Waals surface area contributed by atoms with E-state index >= 15 is 0 Å². The third-order valence-electron chi connectivity index (χ3n) is 7.63. The second-order valence-corrected chi connectivity index (χ2v) is 10.1. The number of nitrogens with zero attached hydrogens (tertiary/aromatic N) is 2. The molecule has 2 saturated carbocycles. The minimum atomic E-state index is -0.248. The first-order chi connectivity index (χ1) is 16.0. The fourth-order valence-corrected chi connectivity index (χ4v) is 6.56. The summed E-state index contributed by atoms with van der Waals surface area (Å²) in [6.45, 7) is 0.403. The second kappa shape index (κ2) is 7.55. The molecule has 2 bridgehead atoms. The van der Waals surface area contributed by atoms with Gasteiger partial charge >= 0.3 is 0 Å². The number of ether oxygens (including phenoxy) is 2. The Morgan fingerprint density at radius 2 is 1.76 bits per heavy atom.